The molecule has 112 valence electrons. The van der Waals surface area contributed by atoms with E-state index in [0.29, 0.717) is 0 Å². The van der Waals surface area contributed by atoms with Crippen LogP contribution in [0.4, 0.5) is 0 Å². The Kier molecular flexibility index (Phi) is 6.16. The second-order valence-corrected chi connectivity index (χ2v) is 6.86. The van der Waals surface area contributed by atoms with Gasteiger partial charge in [0, 0.05) is 21.7 Å². The Balaban J connectivity index is 1.98. The van der Waals surface area contributed by atoms with E-state index in [-0.39, 0.29) is 6.04 Å². The molecule has 0 amide bonds. The fraction of sp³-hybridized carbons (Fsp3) is 0.333. The van der Waals surface area contributed by atoms with Crippen LogP contribution in [0.25, 0.3) is 0 Å². The maximum Gasteiger partial charge on any atom is 0.0406 e. The van der Waals surface area contributed by atoms with E-state index in [9.17, 15) is 0 Å². The van der Waals surface area contributed by atoms with Gasteiger partial charge in [0.1, 0.15) is 0 Å². The average molecular weight is 320 g/mol. The Labute approximate surface area is 136 Å². The zero-order valence-corrected chi connectivity index (χ0v) is 14.2. The van der Waals surface area contributed by atoms with Crippen molar-refractivity contribution in [2.45, 2.75) is 43.4 Å². The predicted molar refractivity (Wildman–Crippen MR) is 94.2 cm³/mol. The Morgan fingerprint density at radius 3 is 2.48 bits per heavy atom. The summed E-state index contributed by atoms with van der Waals surface area (Å²) in [6, 6.07) is 15.0. The number of halogens is 1. The van der Waals surface area contributed by atoms with Crippen molar-refractivity contribution in [2.75, 3.05) is 0 Å². The molecule has 0 aliphatic carbocycles. The fourth-order valence-electron chi connectivity index (χ4n) is 2.16. The van der Waals surface area contributed by atoms with Crippen LogP contribution in [0.3, 0.4) is 0 Å². The highest BCUT2D eigenvalue weighted by molar-refractivity contribution is 7.98. The molecule has 1 nitrogen and oxygen atoms in total. The van der Waals surface area contributed by atoms with E-state index in [1.165, 1.54) is 21.6 Å². The molecule has 0 aromatic heterocycles. The first-order valence-electron chi connectivity index (χ1n) is 7.31. The monoisotopic (exact) mass is 319 g/mol. The van der Waals surface area contributed by atoms with E-state index in [1.54, 1.807) is 0 Å². The van der Waals surface area contributed by atoms with Gasteiger partial charge in [-0.15, -0.1) is 11.8 Å². The average Bonchev–Trinajstić information content (AvgIpc) is 2.49. The molecule has 1 unspecified atom stereocenters. The van der Waals surface area contributed by atoms with Gasteiger partial charge >= 0.3 is 0 Å². The molecular weight excluding hydrogens is 298 g/mol. The van der Waals surface area contributed by atoms with Crippen LogP contribution in [0.2, 0.25) is 5.02 Å². The van der Waals surface area contributed by atoms with Crippen LogP contribution in [0.5, 0.6) is 0 Å². The van der Waals surface area contributed by atoms with Crippen molar-refractivity contribution >= 4 is 23.4 Å². The summed E-state index contributed by atoms with van der Waals surface area (Å²) in [6.45, 7) is 4.31. The lowest BCUT2D eigenvalue weighted by atomic mass is 10.0. The van der Waals surface area contributed by atoms with Crippen LogP contribution in [0.15, 0.2) is 47.4 Å². The largest absolute Gasteiger partial charge is 0.327 e. The lowest BCUT2D eigenvalue weighted by Gasteiger charge is -2.12. The van der Waals surface area contributed by atoms with Gasteiger partial charge in [0.25, 0.3) is 0 Å². The second kappa shape index (κ2) is 7.88. The molecule has 0 fully saturated rings. The van der Waals surface area contributed by atoms with Gasteiger partial charge in [-0.25, -0.2) is 0 Å². The normalized spacial score (nSPS) is 12.4. The molecule has 21 heavy (non-hydrogen) atoms. The third-order valence-electron chi connectivity index (χ3n) is 3.64. The third-order valence-corrected chi connectivity index (χ3v) is 4.96. The topological polar surface area (TPSA) is 26.0 Å². The summed E-state index contributed by atoms with van der Waals surface area (Å²) in [5, 5.41) is 0.788. The summed E-state index contributed by atoms with van der Waals surface area (Å²) in [4.78, 5) is 1.30. The minimum Gasteiger partial charge on any atom is -0.327 e. The smallest absolute Gasteiger partial charge is 0.0406 e. The van der Waals surface area contributed by atoms with Crippen molar-refractivity contribution in [3.8, 4) is 0 Å². The maximum atomic E-state index is 6.04. The molecule has 2 rings (SSSR count). The van der Waals surface area contributed by atoms with E-state index in [4.69, 9.17) is 17.3 Å². The number of aryl methyl sites for hydroxylation is 1. The molecule has 0 aliphatic heterocycles. The quantitative estimate of drug-likeness (QED) is 0.739. The van der Waals surface area contributed by atoms with Gasteiger partial charge in [-0.2, -0.15) is 0 Å². The van der Waals surface area contributed by atoms with Gasteiger partial charge in [0.05, 0.1) is 0 Å². The molecule has 2 N–H and O–H groups in total. The summed E-state index contributed by atoms with van der Waals surface area (Å²) in [5.41, 5.74) is 10.0. The van der Waals surface area contributed by atoms with E-state index >= 15 is 0 Å². The Morgan fingerprint density at radius 1 is 1.14 bits per heavy atom. The second-order valence-electron chi connectivity index (χ2n) is 5.38. The summed E-state index contributed by atoms with van der Waals surface area (Å²) >= 11 is 7.76. The zero-order valence-electron chi connectivity index (χ0n) is 12.6. The highest BCUT2D eigenvalue weighted by Crippen LogP contribution is 2.26. The molecule has 2 aromatic carbocycles. The molecule has 3 heteroatoms. The highest BCUT2D eigenvalue weighted by Gasteiger charge is 2.05. The molecule has 0 aliphatic rings. The minimum absolute atomic E-state index is 0.260. The van der Waals surface area contributed by atoms with Gasteiger partial charge in [-0.05, 0) is 60.7 Å². The first-order chi connectivity index (χ1) is 10.1. The lowest BCUT2D eigenvalue weighted by Crippen LogP contribution is -2.21. The number of thioether (sulfide) groups is 1. The first-order valence-corrected chi connectivity index (χ1v) is 8.67. The van der Waals surface area contributed by atoms with Gasteiger partial charge in [0.15, 0.2) is 0 Å². The summed E-state index contributed by atoms with van der Waals surface area (Å²) in [5.74, 6) is 0.963. The Hall–Kier alpha value is -0.960. The standard InChI is InChI=1S/C18H22ClNS/c1-3-17(20)11-15-6-9-18(10-13(15)2)21-12-14-4-7-16(19)8-5-14/h4-10,17H,3,11-12,20H2,1-2H3. The third kappa shape index (κ3) is 5.06. The number of nitrogens with two attached hydrogens (primary N) is 1. The Morgan fingerprint density at radius 2 is 1.86 bits per heavy atom. The maximum absolute atomic E-state index is 6.04. The molecule has 0 bridgehead atoms. The zero-order chi connectivity index (χ0) is 15.2. The number of benzene rings is 2. The number of rotatable bonds is 6. The molecule has 0 radical (unpaired) electrons. The van der Waals surface area contributed by atoms with Crippen LogP contribution in [-0.2, 0) is 12.2 Å². The van der Waals surface area contributed by atoms with Crippen molar-refractivity contribution in [1.29, 1.82) is 0 Å². The van der Waals surface area contributed by atoms with Crippen LogP contribution < -0.4 is 5.73 Å². The first kappa shape index (κ1) is 16.4. The fourth-order valence-corrected chi connectivity index (χ4v) is 3.24. The van der Waals surface area contributed by atoms with Gasteiger partial charge < -0.3 is 5.73 Å². The molecular formula is C18H22ClNS. The molecule has 2 aromatic rings. The lowest BCUT2D eigenvalue weighted by molar-refractivity contribution is 0.644. The molecule has 0 heterocycles. The minimum atomic E-state index is 0.260. The van der Waals surface area contributed by atoms with E-state index in [2.05, 4.69) is 44.2 Å². The predicted octanol–water partition coefficient (Wildman–Crippen LogP) is 5.22. The molecule has 0 saturated carbocycles. The summed E-state index contributed by atoms with van der Waals surface area (Å²) in [7, 11) is 0. The van der Waals surface area contributed by atoms with E-state index in [1.807, 2.05) is 23.9 Å². The molecule has 0 saturated heterocycles. The summed E-state index contributed by atoms with van der Waals surface area (Å²) in [6.07, 6.45) is 1.98. The van der Waals surface area contributed by atoms with Crippen LogP contribution in [-0.4, -0.2) is 6.04 Å². The van der Waals surface area contributed by atoms with Crippen LogP contribution in [0.1, 0.15) is 30.0 Å². The van der Waals surface area contributed by atoms with Crippen molar-refractivity contribution in [1.82, 2.24) is 0 Å². The number of hydrogen-bond acceptors (Lipinski definition) is 2. The van der Waals surface area contributed by atoms with Crippen molar-refractivity contribution < 1.29 is 0 Å². The molecule has 1 atom stereocenters. The summed E-state index contributed by atoms with van der Waals surface area (Å²) < 4.78 is 0. The highest BCUT2D eigenvalue weighted by atomic mass is 35.5. The van der Waals surface area contributed by atoms with Gasteiger partial charge in [-0.1, -0.05) is 36.7 Å². The van der Waals surface area contributed by atoms with Crippen LogP contribution in [0, 0.1) is 6.92 Å². The van der Waals surface area contributed by atoms with E-state index < -0.39 is 0 Å². The van der Waals surface area contributed by atoms with Crippen molar-refractivity contribution in [3.63, 3.8) is 0 Å². The van der Waals surface area contributed by atoms with Gasteiger partial charge in [-0.3, -0.25) is 0 Å². The van der Waals surface area contributed by atoms with E-state index in [0.717, 1.165) is 23.6 Å². The Bertz CT molecular complexity index is 580. The number of hydrogen-bond donors (Lipinski definition) is 1. The van der Waals surface area contributed by atoms with Crippen molar-refractivity contribution in [3.05, 3.63) is 64.2 Å². The molecule has 0 spiro atoms. The SMILES string of the molecule is CCC(N)Cc1ccc(SCc2ccc(Cl)cc2)cc1C. The van der Waals surface area contributed by atoms with Crippen LogP contribution >= 0.6 is 23.4 Å². The van der Waals surface area contributed by atoms with Gasteiger partial charge in [0.2, 0.25) is 0 Å². The van der Waals surface area contributed by atoms with Crippen molar-refractivity contribution in [2.24, 2.45) is 5.73 Å².